The molecule has 1 aromatic rings. The molecule has 0 saturated carbocycles. The fraction of sp³-hybridized carbons (Fsp3) is 0.308. The highest BCUT2D eigenvalue weighted by molar-refractivity contribution is 8.03. The summed E-state index contributed by atoms with van der Waals surface area (Å²) in [5, 5.41) is 14.5. The highest BCUT2D eigenvalue weighted by atomic mass is 35.5. The Bertz CT molecular complexity index is 674. The zero-order valence-corrected chi connectivity index (χ0v) is 13.8. The first-order valence-electron chi connectivity index (χ1n) is 6.60. The number of hydrogen-bond donors (Lipinski definition) is 2. The average molecular weight is 352 g/mol. The van der Waals surface area contributed by atoms with Crippen molar-refractivity contribution in [1.29, 1.82) is 5.41 Å². The lowest BCUT2D eigenvalue weighted by Gasteiger charge is -2.21. The molecule has 120 valence electrons. The van der Waals surface area contributed by atoms with Gasteiger partial charge in [0.05, 0.1) is 5.92 Å². The minimum Gasteiger partial charge on any atom is -0.358 e. The second-order valence-corrected chi connectivity index (χ2v) is 6.10. The summed E-state index contributed by atoms with van der Waals surface area (Å²) in [6.45, 7) is -0.0990. The summed E-state index contributed by atoms with van der Waals surface area (Å²) in [5.74, 6) is -1.17. The van der Waals surface area contributed by atoms with Crippen LogP contribution in [-0.2, 0) is 4.79 Å². The Morgan fingerprint density at radius 2 is 2.57 bits per heavy atom. The number of azide groups is 1. The van der Waals surface area contributed by atoms with E-state index in [9.17, 15) is 4.79 Å². The topological polar surface area (TPSA) is 118 Å². The summed E-state index contributed by atoms with van der Waals surface area (Å²) in [4.78, 5) is 20.5. The molecule has 2 heterocycles. The SMILES string of the molecule is CN(C(=O)C(C=N)CN=[N+]=[N-])C1=C(Cl)NC(c2cccnc2)S1. The predicted octanol–water partition coefficient (Wildman–Crippen LogP) is 2.82. The fourth-order valence-electron chi connectivity index (χ4n) is 1.95. The number of nitrogens with one attached hydrogen (secondary N) is 2. The predicted molar refractivity (Wildman–Crippen MR) is 89.6 cm³/mol. The maximum Gasteiger partial charge on any atom is 0.235 e. The van der Waals surface area contributed by atoms with Gasteiger partial charge in [0.1, 0.15) is 15.6 Å². The molecule has 1 amide bonds. The Kier molecular flexibility index (Phi) is 5.86. The monoisotopic (exact) mass is 351 g/mol. The molecule has 1 aliphatic rings. The van der Waals surface area contributed by atoms with Crippen LogP contribution in [0.25, 0.3) is 10.4 Å². The Morgan fingerprint density at radius 1 is 1.78 bits per heavy atom. The van der Waals surface area contributed by atoms with Gasteiger partial charge in [-0.15, -0.1) is 0 Å². The molecule has 2 atom stereocenters. The van der Waals surface area contributed by atoms with Crippen molar-refractivity contribution < 1.29 is 4.79 Å². The molecule has 8 nitrogen and oxygen atoms in total. The zero-order valence-electron chi connectivity index (χ0n) is 12.2. The molecule has 0 bridgehead atoms. The van der Waals surface area contributed by atoms with Crippen molar-refractivity contribution >= 4 is 35.5 Å². The lowest BCUT2D eigenvalue weighted by molar-refractivity contribution is -0.129. The van der Waals surface area contributed by atoms with Gasteiger partial charge in [-0.2, -0.15) is 0 Å². The maximum absolute atomic E-state index is 12.4. The Morgan fingerprint density at radius 3 is 3.17 bits per heavy atom. The summed E-state index contributed by atoms with van der Waals surface area (Å²) >= 11 is 7.59. The van der Waals surface area contributed by atoms with E-state index in [0.29, 0.717) is 10.2 Å². The van der Waals surface area contributed by atoms with Crippen LogP contribution in [0.4, 0.5) is 0 Å². The quantitative estimate of drug-likeness (QED) is 0.269. The number of carbonyl (C=O) groups excluding carboxylic acids is 1. The first-order chi connectivity index (χ1) is 11.1. The van der Waals surface area contributed by atoms with Crippen LogP contribution in [0.15, 0.2) is 39.8 Å². The number of carbonyl (C=O) groups is 1. The molecule has 0 spiro atoms. The summed E-state index contributed by atoms with van der Waals surface area (Å²) < 4.78 is 0. The van der Waals surface area contributed by atoms with Gasteiger partial charge in [-0.3, -0.25) is 9.78 Å². The van der Waals surface area contributed by atoms with Crippen molar-refractivity contribution in [3.05, 3.63) is 50.7 Å². The number of pyridine rings is 1. The van der Waals surface area contributed by atoms with Crippen molar-refractivity contribution in [1.82, 2.24) is 15.2 Å². The van der Waals surface area contributed by atoms with E-state index < -0.39 is 5.92 Å². The van der Waals surface area contributed by atoms with Gasteiger partial charge in [-0.05, 0) is 11.6 Å². The van der Waals surface area contributed by atoms with Crippen LogP contribution in [-0.4, -0.2) is 35.6 Å². The van der Waals surface area contributed by atoms with Crippen LogP contribution in [0.5, 0.6) is 0 Å². The van der Waals surface area contributed by atoms with E-state index in [4.69, 9.17) is 22.5 Å². The molecule has 10 heteroatoms. The van der Waals surface area contributed by atoms with Gasteiger partial charge in [0.15, 0.2) is 0 Å². The number of amides is 1. The van der Waals surface area contributed by atoms with Crippen molar-refractivity contribution in [3.8, 4) is 0 Å². The summed E-state index contributed by atoms with van der Waals surface area (Å²) in [6, 6.07) is 3.73. The first kappa shape index (κ1) is 17.1. The van der Waals surface area contributed by atoms with Crippen molar-refractivity contribution in [2.75, 3.05) is 13.6 Å². The van der Waals surface area contributed by atoms with Crippen molar-refractivity contribution in [3.63, 3.8) is 0 Å². The van der Waals surface area contributed by atoms with Crippen LogP contribution in [0.3, 0.4) is 0 Å². The normalized spacial score (nSPS) is 17.9. The standard InChI is InChI=1S/C13H14ClN7OS/c1-21(12(22)9(5-15)7-18-20-16)13-10(14)19-11(23-13)8-3-2-4-17-6-8/h2-6,9,11,15,19H,7H2,1H3. The molecular weight excluding hydrogens is 338 g/mol. The molecule has 2 unspecified atom stereocenters. The van der Waals surface area contributed by atoms with Gasteiger partial charge in [-0.1, -0.05) is 34.5 Å². The first-order valence-corrected chi connectivity index (χ1v) is 7.86. The molecule has 2 rings (SSSR count). The number of hydrogen-bond acceptors (Lipinski definition) is 6. The molecule has 23 heavy (non-hydrogen) atoms. The van der Waals surface area contributed by atoms with Crippen molar-refractivity contribution in [2.24, 2.45) is 11.0 Å². The van der Waals surface area contributed by atoms with Crippen LogP contribution >= 0.6 is 23.4 Å². The Labute approximate surface area is 142 Å². The van der Waals surface area contributed by atoms with Crippen LogP contribution < -0.4 is 5.32 Å². The van der Waals surface area contributed by atoms with E-state index in [0.717, 1.165) is 11.8 Å². The number of nitrogens with zero attached hydrogens (tertiary/aromatic N) is 5. The highest BCUT2D eigenvalue weighted by Crippen LogP contribution is 2.42. The summed E-state index contributed by atoms with van der Waals surface area (Å²) in [6.07, 6.45) is 4.37. The third-order valence-electron chi connectivity index (χ3n) is 3.16. The number of halogens is 1. The van der Waals surface area contributed by atoms with E-state index in [-0.39, 0.29) is 17.8 Å². The van der Waals surface area contributed by atoms with Gasteiger partial charge in [0.25, 0.3) is 0 Å². The minimum atomic E-state index is -0.814. The van der Waals surface area contributed by atoms with E-state index in [2.05, 4.69) is 20.3 Å². The van der Waals surface area contributed by atoms with Crippen LogP contribution in [0, 0.1) is 11.3 Å². The van der Waals surface area contributed by atoms with Gasteiger partial charge < -0.3 is 15.6 Å². The van der Waals surface area contributed by atoms with E-state index >= 15 is 0 Å². The molecule has 0 saturated heterocycles. The van der Waals surface area contributed by atoms with Gasteiger partial charge in [0, 0.05) is 42.7 Å². The Hall–Kier alpha value is -2.22. The highest BCUT2D eigenvalue weighted by Gasteiger charge is 2.31. The van der Waals surface area contributed by atoms with Crippen LogP contribution in [0.2, 0.25) is 0 Å². The van der Waals surface area contributed by atoms with Crippen LogP contribution in [0.1, 0.15) is 10.9 Å². The second kappa shape index (κ2) is 7.87. The summed E-state index contributed by atoms with van der Waals surface area (Å²) in [5.41, 5.74) is 9.29. The number of aromatic nitrogens is 1. The fourth-order valence-corrected chi connectivity index (χ4v) is 3.47. The van der Waals surface area contributed by atoms with E-state index in [1.807, 2.05) is 12.1 Å². The lowest BCUT2D eigenvalue weighted by Crippen LogP contribution is -2.33. The molecule has 0 fully saturated rings. The van der Waals surface area contributed by atoms with E-state index in [1.54, 1.807) is 19.4 Å². The third-order valence-corrected chi connectivity index (χ3v) is 4.88. The molecule has 1 aromatic heterocycles. The number of rotatable bonds is 6. The zero-order chi connectivity index (χ0) is 16.8. The van der Waals surface area contributed by atoms with Crippen molar-refractivity contribution in [2.45, 2.75) is 5.37 Å². The molecule has 2 N–H and O–H groups in total. The molecule has 1 aliphatic heterocycles. The summed E-state index contributed by atoms with van der Waals surface area (Å²) in [7, 11) is 1.58. The lowest BCUT2D eigenvalue weighted by atomic mass is 10.1. The second-order valence-electron chi connectivity index (χ2n) is 4.63. The van der Waals surface area contributed by atoms with Gasteiger partial charge >= 0.3 is 0 Å². The number of thioether (sulfide) groups is 1. The minimum absolute atomic E-state index is 0.0990. The maximum atomic E-state index is 12.4. The largest absolute Gasteiger partial charge is 0.358 e. The molecule has 0 radical (unpaired) electrons. The molecule has 0 aromatic carbocycles. The average Bonchev–Trinajstić information content (AvgIpc) is 2.97. The third kappa shape index (κ3) is 3.95. The smallest absolute Gasteiger partial charge is 0.235 e. The molecular formula is C13H14ClN7OS. The van der Waals surface area contributed by atoms with Gasteiger partial charge in [0.2, 0.25) is 5.91 Å². The van der Waals surface area contributed by atoms with E-state index in [1.165, 1.54) is 16.7 Å². The van der Waals surface area contributed by atoms with Gasteiger partial charge in [-0.25, -0.2) is 0 Å². The molecule has 0 aliphatic carbocycles. The Balaban J connectivity index is 2.11.